The molecule has 0 saturated heterocycles. The lowest BCUT2D eigenvalue weighted by molar-refractivity contribution is 0.0656. The van der Waals surface area contributed by atoms with Gasteiger partial charge >= 0.3 is 5.97 Å². The molecule has 0 fully saturated rings. The van der Waals surface area contributed by atoms with E-state index in [2.05, 4.69) is 12.2 Å². The van der Waals surface area contributed by atoms with Gasteiger partial charge in [0.25, 0.3) is 0 Å². The van der Waals surface area contributed by atoms with Crippen molar-refractivity contribution in [2.45, 2.75) is 29.6 Å². The molecule has 1 aliphatic carbocycles. The highest BCUT2D eigenvalue weighted by Crippen LogP contribution is 2.31. The molecule has 1 aromatic rings. The summed E-state index contributed by atoms with van der Waals surface area (Å²) in [5.41, 5.74) is 0. The van der Waals surface area contributed by atoms with Gasteiger partial charge in [0.2, 0.25) is 5.76 Å². The van der Waals surface area contributed by atoms with Gasteiger partial charge in [0, 0.05) is 5.25 Å². The van der Waals surface area contributed by atoms with Gasteiger partial charge in [-0.05, 0) is 31.4 Å². The maximum atomic E-state index is 10.6. The van der Waals surface area contributed by atoms with Crippen molar-refractivity contribution in [1.29, 1.82) is 0 Å². The second kappa shape index (κ2) is 4.57. The molecule has 1 aromatic heterocycles. The van der Waals surface area contributed by atoms with E-state index in [4.69, 9.17) is 9.52 Å². The van der Waals surface area contributed by atoms with Gasteiger partial charge in [-0.2, -0.15) is 0 Å². The predicted molar refractivity (Wildman–Crippen MR) is 58.3 cm³/mol. The summed E-state index contributed by atoms with van der Waals surface area (Å²) in [6.07, 6.45) is 7.81. The minimum atomic E-state index is -1.01. The maximum absolute atomic E-state index is 10.6. The van der Waals surface area contributed by atoms with Crippen molar-refractivity contribution >= 4 is 17.7 Å². The molecule has 0 aliphatic heterocycles. The molecule has 4 heteroatoms. The van der Waals surface area contributed by atoms with Gasteiger partial charge in [0.05, 0.1) is 0 Å². The smallest absolute Gasteiger partial charge is 0.371 e. The summed E-state index contributed by atoms with van der Waals surface area (Å²) in [5.74, 6) is -1.00. The summed E-state index contributed by atoms with van der Waals surface area (Å²) in [7, 11) is 0. The summed E-state index contributed by atoms with van der Waals surface area (Å²) in [5, 5.41) is 9.79. The third-order valence-corrected chi connectivity index (χ3v) is 3.42. The lowest BCUT2D eigenvalue weighted by Gasteiger charge is -2.13. The fourth-order valence-electron chi connectivity index (χ4n) is 1.53. The Hall–Kier alpha value is -1.16. The predicted octanol–water partition coefficient (Wildman–Crippen LogP) is 3.18. The van der Waals surface area contributed by atoms with Crippen LogP contribution in [-0.2, 0) is 0 Å². The first-order valence-electron chi connectivity index (χ1n) is 4.92. The molecule has 0 amide bonds. The first-order chi connectivity index (χ1) is 7.25. The Balaban J connectivity index is 2.01. The molecule has 0 bridgehead atoms. The number of aromatic carboxylic acids is 1. The molecule has 80 valence electrons. The molecule has 1 aliphatic rings. The van der Waals surface area contributed by atoms with Crippen molar-refractivity contribution in [3.8, 4) is 0 Å². The summed E-state index contributed by atoms with van der Waals surface area (Å²) >= 11 is 1.59. The second-order valence-corrected chi connectivity index (χ2v) is 4.68. The van der Waals surface area contributed by atoms with Crippen LogP contribution in [0.4, 0.5) is 0 Å². The van der Waals surface area contributed by atoms with E-state index in [1.807, 2.05) is 0 Å². The van der Waals surface area contributed by atoms with Crippen LogP contribution in [0, 0.1) is 0 Å². The average Bonchev–Trinajstić information content (AvgIpc) is 2.68. The maximum Gasteiger partial charge on any atom is 0.371 e. The largest absolute Gasteiger partial charge is 0.475 e. The molecule has 0 spiro atoms. The monoisotopic (exact) mass is 224 g/mol. The van der Waals surface area contributed by atoms with Crippen LogP contribution in [0.25, 0.3) is 0 Å². The lowest BCUT2D eigenvalue weighted by Crippen LogP contribution is -2.01. The number of allylic oxidation sites excluding steroid dienone is 1. The van der Waals surface area contributed by atoms with Crippen LogP contribution in [0.3, 0.4) is 0 Å². The Labute approximate surface area is 92.2 Å². The quantitative estimate of drug-likeness (QED) is 0.801. The molecule has 1 N–H and O–H groups in total. The zero-order valence-electron chi connectivity index (χ0n) is 8.18. The molecule has 0 saturated carbocycles. The van der Waals surface area contributed by atoms with E-state index in [1.54, 1.807) is 17.8 Å². The van der Waals surface area contributed by atoms with Crippen molar-refractivity contribution in [1.82, 2.24) is 0 Å². The van der Waals surface area contributed by atoms with E-state index in [0.29, 0.717) is 10.3 Å². The minimum absolute atomic E-state index is 0.0114. The number of carbonyl (C=O) groups is 1. The van der Waals surface area contributed by atoms with E-state index >= 15 is 0 Å². The van der Waals surface area contributed by atoms with Crippen molar-refractivity contribution in [3.05, 3.63) is 30.0 Å². The number of furan rings is 1. The highest BCUT2D eigenvalue weighted by molar-refractivity contribution is 8.00. The fourth-order valence-corrected chi connectivity index (χ4v) is 2.58. The van der Waals surface area contributed by atoms with E-state index in [1.165, 1.54) is 12.5 Å². The summed E-state index contributed by atoms with van der Waals surface area (Å²) in [6.45, 7) is 0. The third kappa shape index (κ3) is 2.65. The summed E-state index contributed by atoms with van der Waals surface area (Å²) in [6, 6.07) is 3.22. The normalized spacial score (nSPS) is 20.4. The molecular weight excluding hydrogens is 212 g/mol. The average molecular weight is 224 g/mol. The Kier molecular flexibility index (Phi) is 3.16. The number of thioether (sulfide) groups is 1. The Morgan fingerprint density at radius 3 is 3.00 bits per heavy atom. The second-order valence-electron chi connectivity index (χ2n) is 3.44. The highest BCUT2D eigenvalue weighted by atomic mass is 32.2. The van der Waals surface area contributed by atoms with Gasteiger partial charge in [0.1, 0.15) is 0 Å². The van der Waals surface area contributed by atoms with Crippen molar-refractivity contribution in [2.75, 3.05) is 0 Å². The number of carboxylic acid groups (broad SMARTS) is 1. The number of hydrogen-bond donors (Lipinski definition) is 1. The standard InChI is InChI=1S/C11H12O3S/c12-11(13)9-6-7-10(14-9)15-8-4-2-1-3-5-8/h2,4,6-8H,1,3,5H2,(H,12,13). The Bertz CT molecular complexity index is 381. The van der Waals surface area contributed by atoms with Gasteiger partial charge in [-0.3, -0.25) is 0 Å². The number of hydrogen-bond acceptors (Lipinski definition) is 3. The van der Waals surface area contributed by atoms with E-state index in [-0.39, 0.29) is 5.76 Å². The van der Waals surface area contributed by atoms with Gasteiger partial charge in [-0.1, -0.05) is 23.9 Å². The minimum Gasteiger partial charge on any atom is -0.475 e. The SMILES string of the molecule is O=C(O)c1ccc(SC2C=CCCC2)o1. The zero-order chi connectivity index (χ0) is 10.7. The van der Waals surface area contributed by atoms with Crippen LogP contribution in [0.15, 0.2) is 33.8 Å². The van der Waals surface area contributed by atoms with Gasteiger partial charge in [-0.15, -0.1) is 0 Å². The van der Waals surface area contributed by atoms with Crippen LogP contribution < -0.4 is 0 Å². The zero-order valence-corrected chi connectivity index (χ0v) is 9.00. The molecular formula is C11H12O3S. The molecule has 1 atom stereocenters. The first kappa shape index (κ1) is 10.4. The van der Waals surface area contributed by atoms with Crippen LogP contribution in [0.2, 0.25) is 0 Å². The molecule has 1 unspecified atom stereocenters. The number of rotatable bonds is 3. The summed E-state index contributed by atoms with van der Waals surface area (Å²) in [4.78, 5) is 10.6. The molecule has 3 nitrogen and oxygen atoms in total. The van der Waals surface area contributed by atoms with Crippen molar-refractivity contribution in [3.63, 3.8) is 0 Å². The van der Waals surface area contributed by atoms with Crippen LogP contribution in [0.1, 0.15) is 29.8 Å². The molecule has 0 radical (unpaired) electrons. The molecule has 0 aromatic carbocycles. The third-order valence-electron chi connectivity index (χ3n) is 2.27. The lowest BCUT2D eigenvalue weighted by atomic mass is 10.1. The Morgan fingerprint density at radius 2 is 2.40 bits per heavy atom. The fraction of sp³-hybridized carbons (Fsp3) is 0.364. The van der Waals surface area contributed by atoms with Crippen LogP contribution >= 0.6 is 11.8 Å². The number of carboxylic acids is 1. The van der Waals surface area contributed by atoms with E-state index < -0.39 is 5.97 Å². The Morgan fingerprint density at radius 1 is 1.53 bits per heavy atom. The highest BCUT2D eigenvalue weighted by Gasteiger charge is 2.14. The molecule has 2 rings (SSSR count). The van der Waals surface area contributed by atoms with E-state index in [0.717, 1.165) is 12.8 Å². The summed E-state index contributed by atoms with van der Waals surface area (Å²) < 4.78 is 5.18. The van der Waals surface area contributed by atoms with Crippen LogP contribution in [-0.4, -0.2) is 16.3 Å². The molecule has 15 heavy (non-hydrogen) atoms. The molecule has 1 heterocycles. The van der Waals surface area contributed by atoms with Gasteiger partial charge in [-0.25, -0.2) is 4.79 Å². The van der Waals surface area contributed by atoms with Crippen molar-refractivity contribution < 1.29 is 14.3 Å². The first-order valence-corrected chi connectivity index (χ1v) is 5.80. The van der Waals surface area contributed by atoms with Gasteiger partial charge in [0.15, 0.2) is 5.09 Å². The topological polar surface area (TPSA) is 50.4 Å². The van der Waals surface area contributed by atoms with Crippen molar-refractivity contribution in [2.24, 2.45) is 0 Å². The van der Waals surface area contributed by atoms with E-state index in [9.17, 15) is 4.79 Å². The van der Waals surface area contributed by atoms with Gasteiger partial charge < -0.3 is 9.52 Å². The van der Waals surface area contributed by atoms with Crippen LogP contribution in [0.5, 0.6) is 0 Å².